The molecule has 0 N–H and O–H groups in total. The SMILES string of the molecule is COCCC(=O)N(Cc1cccnc1)C[C@H]1CCCN(C2CCCCC2)C1. The second-order valence-electron chi connectivity index (χ2n) is 8.17. The lowest BCUT2D eigenvalue weighted by molar-refractivity contribution is -0.133. The van der Waals surface area contributed by atoms with Gasteiger partial charge in [0.2, 0.25) is 5.91 Å². The number of hydrogen-bond acceptors (Lipinski definition) is 4. The quantitative estimate of drug-likeness (QED) is 0.700. The van der Waals surface area contributed by atoms with Gasteiger partial charge in [-0.15, -0.1) is 0 Å². The summed E-state index contributed by atoms with van der Waals surface area (Å²) in [6, 6.07) is 4.77. The number of methoxy groups -OCH3 is 1. The van der Waals surface area contributed by atoms with Crippen LogP contribution in [0.4, 0.5) is 0 Å². The average molecular weight is 374 g/mol. The summed E-state index contributed by atoms with van der Waals surface area (Å²) in [4.78, 5) is 21.7. The van der Waals surface area contributed by atoms with Gasteiger partial charge in [-0.1, -0.05) is 25.3 Å². The van der Waals surface area contributed by atoms with E-state index in [1.54, 1.807) is 13.3 Å². The standard InChI is InChI=1S/C22H35N3O2/c1-27-14-11-22(26)25(16-19-7-5-12-23-15-19)18-20-8-6-13-24(17-20)21-9-3-2-4-10-21/h5,7,12,15,20-21H,2-4,6,8-11,13-14,16-18H2,1H3/t20-/m0/s1. The van der Waals surface area contributed by atoms with Crippen LogP contribution in [0.25, 0.3) is 0 Å². The van der Waals surface area contributed by atoms with Gasteiger partial charge in [-0.2, -0.15) is 0 Å². The lowest BCUT2D eigenvalue weighted by Crippen LogP contribution is -2.47. The first-order valence-corrected chi connectivity index (χ1v) is 10.7. The van der Waals surface area contributed by atoms with Crippen molar-refractivity contribution in [1.82, 2.24) is 14.8 Å². The lowest BCUT2D eigenvalue weighted by atomic mass is 9.90. The number of hydrogen-bond donors (Lipinski definition) is 0. The zero-order chi connectivity index (χ0) is 18.9. The van der Waals surface area contributed by atoms with Crippen molar-refractivity contribution in [3.8, 4) is 0 Å². The molecule has 27 heavy (non-hydrogen) atoms. The normalized spacial score (nSPS) is 21.9. The zero-order valence-electron chi connectivity index (χ0n) is 16.8. The fourth-order valence-corrected chi connectivity index (χ4v) is 4.65. The number of amides is 1. The fraction of sp³-hybridized carbons (Fsp3) is 0.727. The summed E-state index contributed by atoms with van der Waals surface area (Å²) in [5, 5.41) is 0. The van der Waals surface area contributed by atoms with E-state index < -0.39 is 0 Å². The number of carbonyl (C=O) groups excluding carboxylic acids is 1. The van der Waals surface area contributed by atoms with Gasteiger partial charge >= 0.3 is 0 Å². The molecule has 0 bridgehead atoms. The van der Waals surface area contributed by atoms with Crippen molar-refractivity contribution < 1.29 is 9.53 Å². The Labute approximate surface area is 164 Å². The summed E-state index contributed by atoms with van der Waals surface area (Å²) in [5.74, 6) is 0.763. The number of ether oxygens (including phenoxy) is 1. The number of aromatic nitrogens is 1. The molecule has 2 fully saturated rings. The molecule has 1 amide bonds. The smallest absolute Gasteiger partial charge is 0.225 e. The number of pyridine rings is 1. The average Bonchev–Trinajstić information content (AvgIpc) is 2.73. The fourth-order valence-electron chi connectivity index (χ4n) is 4.65. The molecule has 3 rings (SSSR count). The summed E-state index contributed by atoms with van der Waals surface area (Å²) >= 11 is 0. The predicted molar refractivity (Wildman–Crippen MR) is 107 cm³/mol. The third-order valence-corrected chi connectivity index (χ3v) is 6.09. The van der Waals surface area contributed by atoms with E-state index in [-0.39, 0.29) is 5.91 Å². The minimum atomic E-state index is 0.190. The highest BCUT2D eigenvalue weighted by Gasteiger charge is 2.29. The van der Waals surface area contributed by atoms with Crippen LogP contribution in [-0.4, -0.2) is 60.1 Å². The Hall–Kier alpha value is -1.46. The largest absolute Gasteiger partial charge is 0.384 e. The molecule has 0 spiro atoms. The molecule has 1 saturated heterocycles. The van der Waals surface area contributed by atoms with Gasteiger partial charge in [-0.25, -0.2) is 0 Å². The van der Waals surface area contributed by atoms with Gasteiger partial charge in [0.15, 0.2) is 0 Å². The molecule has 150 valence electrons. The molecule has 1 aliphatic heterocycles. The van der Waals surface area contributed by atoms with E-state index in [4.69, 9.17) is 4.74 Å². The Morgan fingerprint density at radius 2 is 2.11 bits per heavy atom. The molecule has 2 heterocycles. The molecular weight excluding hydrogens is 338 g/mol. The summed E-state index contributed by atoms with van der Waals surface area (Å²) in [6.45, 7) is 4.37. The Kier molecular flexibility index (Phi) is 8.09. The summed E-state index contributed by atoms with van der Waals surface area (Å²) in [7, 11) is 1.65. The Morgan fingerprint density at radius 1 is 1.26 bits per heavy atom. The number of carbonyl (C=O) groups is 1. The van der Waals surface area contributed by atoms with Crippen molar-refractivity contribution in [2.24, 2.45) is 5.92 Å². The Balaban J connectivity index is 1.60. The van der Waals surface area contributed by atoms with Crippen LogP contribution in [0.3, 0.4) is 0 Å². The molecule has 1 saturated carbocycles. The Bertz CT molecular complexity index is 560. The van der Waals surface area contributed by atoms with Gasteiger partial charge in [0.05, 0.1) is 13.0 Å². The zero-order valence-corrected chi connectivity index (χ0v) is 16.8. The van der Waals surface area contributed by atoms with Gasteiger partial charge in [0, 0.05) is 45.2 Å². The first kappa shape index (κ1) is 20.3. The van der Waals surface area contributed by atoms with E-state index in [0.29, 0.717) is 25.5 Å². The molecule has 0 aromatic carbocycles. The van der Waals surface area contributed by atoms with E-state index in [0.717, 1.165) is 24.7 Å². The van der Waals surface area contributed by atoms with Crippen molar-refractivity contribution in [2.45, 2.75) is 64.0 Å². The van der Waals surface area contributed by atoms with Gasteiger partial charge in [0.1, 0.15) is 0 Å². The molecule has 5 heteroatoms. The van der Waals surface area contributed by atoms with Crippen LogP contribution in [0.2, 0.25) is 0 Å². The first-order chi connectivity index (χ1) is 13.3. The maximum atomic E-state index is 12.8. The minimum absolute atomic E-state index is 0.190. The monoisotopic (exact) mass is 373 g/mol. The third-order valence-electron chi connectivity index (χ3n) is 6.09. The molecule has 1 aromatic heterocycles. The van der Waals surface area contributed by atoms with Crippen molar-refractivity contribution in [1.29, 1.82) is 0 Å². The van der Waals surface area contributed by atoms with Gasteiger partial charge in [0.25, 0.3) is 0 Å². The van der Waals surface area contributed by atoms with Crippen molar-refractivity contribution in [3.05, 3.63) is 30.1 Å². The summed E-state index contributed by atoms with van der Waals surface area (Å²) in [5.41, 5.74) is 1.10. The van der Waals surface area contributed by atoms with Crippen LogP contribution in [0, 0.1) is 5.92 Å². The van der Waals surface area contributed by atoms with Crippen LogP contribution in [0.15, 0.2) is 24.5 Å². The van der Waals surface area contributed by atoms with Crippen LogP contribution in [0.5, 0.6) is 0 Å². The maximum Gasteiger partial charge on any atom is 0.225 e. The highest BCUT2D eigenvalue weighted by molar-refractivity contribution is 5.76. The number of likely N-dealkylation sites (tertiary alicyclic amines) is 1. The third kappa shape index (κ3) is 6.28. The highest BCUT2D eigenvalue weighted by Crippen LogP contribution is 2.27. The van der Waals surface area contributed by atoms with E-state index in [2.05, 4.69) is 16.0 Å². The van der Waals surface area contributed by atoms with E-state index in [1.165, 1.54) is 51.5 Å². The topological polar surface area (TPSA) is 45.7 Å². The molecule has 1 aliphatic carbocycles. The second-order valence-corrected chi connectivity index (χ2v) is 8.17. The predicted octanol–water partition coefficient (Wildman–Crippen LogP) is 3.49. The number of rotatable bonds is 8. The molecule has 2 aliphatic rings. The van der Waals surface area contributed by atoms with Crippen LogP contribution >= 0.6 is 0 Å². The minimum Gasteiger partial charge on any atom is -0.384 e. The molecule has 0 radical (unpaired) electrons. The van der Waals surface area contributed by atoms with Crippen molar-refractivity contribution in [3.63, 3.8) is 0 Å². The van der Waals surface area contributed by atoms with Gasteiger partial charge in [-0.05, 0) is 49.8 Å². The number of nitrogens with zero attached hydrogens (tertiary/aromatic N) is 3. The summed E-state index contributed by atoms with van der Waals surface area (Å²) < 4.78 is 5.13. The molecule has 0 unspecified atom stereocenters. The van der Waals surface area contributed by atoms with E-state index >= 15 is 0 Å². The summed E-state index contributed by atoms with van der Waals surface area (Å²) in [6.07, 6.45) is 13.5. The van der Waals surface area contributed by atoms with Gasteiger partial charge in [-0.3, -0.25) is 9.78 Å². The van der Waals surface area contributed by atoms with Crippen molar-refractivity contribution >= 4 is 5.91 Å². The van der Waals surface area contributed by atoms with Crippen molar-refractivity contribution in [2.75, 3.05) is 33.4 Å². The molecule has 1 aromatic rings. The van der Waals surface area contributed by atoms with Crippen LogP contribution in [-0.2, 0) is 16.1 Å². The first-order valence-electron chi connectivity index (χ1n) is 10.7. The molecular formula is C22H35N3O2. The van der Waals surface area contributed by atoms with Crippen LogP contribution in [0.1, 0.15) is 56.9 Å². The number of piperidine rings is 1. The van der Waals surface area contributed by atoms with E-state index in [1.807, 2.05) is 17.2 Å². The molecule has 1 atom stereocenters. The van der Waals surface area contributed by atoms with Gasteiger partial charge < -0.3 is 14.5 Å². The Morgan fingerprint density at radius 3 is 2.85 bits per heavy atom. The lowest BCUT2D eigenvalue weighted by Gasteiger charge is -2.41. The van der Waals surface area contributed by atoms with E-state index in [9.17, 15) is 4.79 Å². The van der Waals surface area contributed by atoms with Crippen LogP contribution < -0.4 is 0 Å². The molecule has 5 nitrogen and oxygen atoms in total. The highest BCUT2D eigenvalue weighted by atomic mass is 16.5. The maximum absolute atomic E-state index is 12.8. The second kappa shape index (κ2) is 10.8.